The van der Waals surface area contributed by atoms with E-state index in [4.69, 9.17) is 5.73 Å². The molecule has 0 aliphatic rings. The van der Waals surface area contributed by atoms with Gasteiger partial charge in [0.1, 0.15) is 18.1 Å². The fraction of sp³-hybridized carbons (Fsp3) is 0.650. The van der Waals surface area contributed by atoms with Gasteiger partial charge in [-0.3, -0.25) is 14.4 Å². The third kappa shape index (κ3) is 7.93. The zero-order valence-electron chi connectivity index (χ0n) is 18.8. The van der Waals surface area contributed by atoms with Gasteiger partial charge in [0.25, 0.3) is 0 Å². The summed E-state index contributed by atoms with van der Waals surface area (Å²) < 4.78 is 0. The van der Waals surface area contributed by atoms with Gasteiger partial charge in [0.05, 0.1) is 19.0 Å². The average molecular weight is 455 g/mol. The highest BCUT2D eigenvalue weighted by molar-refractivity contribution is 5.94. The SMILES string of the molecule is CCC(C)C(NC(=O)C(CO)NC(=O)C(N)Cc1cnc[nH]1)C(=O)NC(C(=O)O)C(C)C. The summed E-state index contributed by atoms with van der Waals surface area (Å²) in [4.78, 5) is 55.9. The molecule has 5 atom stereocenters. The van der Waals surface area contributed by atoms with Gasteiger partial charge in [-0.05, 0) is 11.8 Å². The molecule has 1 aromatic heterocycles. The van der Waals surface area contributed by atoms with Crippen molar-refractivity contribution in [2.24, 2.45) is 17.6 Å². The zero-order valence-corrected chi connectivity index (χ0v) is 18.8. The standard InChI is InChI=1S/C20H34N6O6/c1-5-11(4)16(19(30)25-15(10(2)3)20(31)32)26-18(29)14(8-27)24-17(28)13(21)6-12-7-22-9-23-12/h7,9-11,13-16,27H,5-6,8,21H2,1-4H3,(H,22,23)(H,24,28)(H,25,30)(H,26,29)(H,31,32). The predicted molar refractivity (Wildman–Crippen MR) is 115 cm³/mol. The molecule has 0 fully saturated rings. The number of aliphatic carboxylic acids is 1. The molecule has 0 spiro atoms. The quantitative estimate of drug-likeness (QED) is 0.187. The van der Waals surface area contributed by atoms with Crippen molar-refractivity contribution in [3.63, 3.8) is 0 Å². The zero-order chi connectivity index (χ0) is 24.4. The van der Waals surface area contributed by atoms with Crippen LogP contribution in [0.25, 0.3) is 0 Å². The topological polar surface area (TPSA) is 200 Å². The van der Waals surface area contributed by atoms with Crippen LogP contribution in [0, 0.1) is 11.8 Å². The number of aliphatic hydroxyl groups is 1. The van der Waals surface area contributed by atoms with Crippen molar-refractivity contribution in [3.8, 4) is 0 Å². The highest BCUT2D eigenvalue weighted by Gasteiger charge is 2.33. The molecule has 32 heavy (non-hydrogen) atoms. The lowest BCUT2D eigenvalue weighted by Gasteiger charge is -2.28. The number of hydrogen-bond acceptors (Lipinski definition) is 7. The van der Waals surface area contributed by atoms with Gasteiger partial charge in [-0.2, -0.15) is 0 Å². The van der Waals surface area contributed by atoms with Crippen LogP contribution >= 0.6 is 0 Å². The molecule has 0 aromatic carbocycles. The number of aromatic amines is 1. The van der Waals surface area contributed by atoms with Crippen LogP contribution in [0.2, 0.25) is 0 Å². The monoisotopic (exact) mass is 454 g/mol. The molecule has 0 radical (unpaired) electrons. The molecule has 0 bridgehead atoms. The van der Waals surface area contributed by atoms with Crippen LogP contribution in [-0.2, 0) is 25.6 Å². The summed E-state index contributed by atoms with van der Waals surface area (Å²) in [6, 6.07) is -4.51. The first-order chi connectivity index (χ1) is 15.0. The van der Waals surface area contributed by atoms with Gasteiger partial charge in [-0.1, -0.05) is 34.1 Å². The van der Waals surface area contributed by atoms with Gasteiger partial charge in [-0.15, -0.1) is 0 Å². The molecule has 0 saturated carbocycles. The largest absolute Gasteiger partial charge is 0.480 e. The second-order valence-corrected chi connectivity index (χ2v) is 8.07. The van der Waals surface area contributed by atoms with E-state index in [-0.39, 0.29) is 18.3 Å². The van der Waals surface area contributed by atoms with Gasteiger partial charge < -0.3 is 36.9 Å². The number of carbonyl (C=O) groups excluding carboxylic acids is 3. The molecule has 3 amide bonds. The molecule has 180 valence electrons. The minimum atomic E-state index is -1.34. The van der Waals surface area contributed by atoms with E-state index in [1.54, 1.807) is 20.8 Å². The van der Waals surface area contributed by atoms with Crippen molar-refractivity contribution in [3.05, 3.63) is 18.2 Å². The molecule has 0 saturated heterocycles. The Bertz CT molecular complexity index is 769. The maximum atomic E-state index is 12.7. The number of aliphatic hydroxyl groups excluding tert-OH is 1. The molecule has 1 rings (SSSR count). The van der Waals surface area contributed by atoms with Crippen molar-refractivity contribution < 1.29 is 29.4 Å². The van der Waals surface area contributed by atoms with Crippen LogP contribution in [-0.4, -0.2) is 74.6 Å². The highest BCUT2D eigenvalue weighted by atomic mass is 16.4. The second-order valence-electron chi connectivity index (χ2n) is 8.07. The molecule has 1 aromatic rings. The first-order valence-electron chi connectivity index (χ1n) is 10.5. The van der Waals surface area contributed by atoms with E-state index in [1.807, 2.05) is 6.92 Å². The average Bonchev–Trinajstić information content (AvgIpc) is 3.25. The predicted octanol–water partition coefficient (Wildman–Crippen LogP) is -1.49. The van der Waals surface area contributed by atoms with Crippen LogP contribution in [0.15, 0.2) is 12.5 Å². The Morgan fingerprint density at radius 2 is 1.69 bits per heavy atom. The third-order valence-corrected chi connectivity index (χ3v) is 5.17. The van der Waals surface area contributed by atoms with Crippen molar-refractivity contribution in [2.75, 3.05) is 6.61 Å². The van der Waals surface area contributed by atoms with Crippen molar-refractivity contribution >= 4 is 23.7 Å². The third-order valence-electron chi connectivity index (χ3n) is 5.17. The minimum Gasteiger partial charge on any atom is -0.480 e. The number of carboxylic acids is 1. The summed E-state index contributed by atoms with van der Waals surface area (Å²) in [7, 11) is 0. The molecule has 1 heterocycles. The number of hydrogen-bond donors (Lipinski definition) is 7. The minimum absolute atomic E-state index is 0.148. The normalized spacial score (nSPS) is 15.8. The molecule has 12 heteroatoms. The molecule has 0 aliphatic carbocycles. The molecular formula is C20H34N6O6. The van der Waals surface area contributed by atoms with Crippen LogP contribution in [0.3, 0.4) is 0 Å². The summed E-state index contributed by atoms with van der Waals surface area (Å²) >= 11 is 0. The maximum absolute atomic E-state index is 12.7. The lowest BCUT2D eigenvalue weighted by Crippen LogP contribution is -2.60. The molecular weight excluding hydrogens is 420 g/mol. The first-order valence-corrected chi connectivity index (χ1v) is 10.5. The number of carboxylic acid groups (broad SMARTS) is 1. The number of imidazole rings is 1. The van der Waals surface area contributed by atoms with Crippen molar-refractivity contribution in [1.29, 1.82) is 0 Å². The van der Waals surface area contributed by atoms with Crippen LogP contribution in [0.5, 0.6) is 0 Å². The smallest absolute Gasteiger partial charge is 0.326 e. The van der Waals surface area contributed by atoms with Gasteiger partial charge in [-0.25, -0.2) is 9.78 Å². The number of carbonyl (C=O) groups is 4. The van der Waals surface area contributed by atoms with Crippen molar-refractivity contribution in [1.82, 2.24) is 25.9 Å². The van der Waals surface area contributed by atoms with Gasteiger partial charge in [0.2, 0.25) is 17.7 Å². The molecule has 8 N–H and O–H groups in total. The van der Waals surface area contributed by atoms with Gasteiger partial charge in [0, 0.05) is 18.3 Å². The fourth-order valence-corrected chi connectivity index (χ4v) is 2.91. The first kappa shape index (κ1) is 27.0. The number of rotatable bonds is 13. The van der Waals surface area contributed by atoms with Crippen LogP contribution < -0.4 is 21.7 Å². The van der Waals surface area contributed by atoms with E-state index >= 15 is 0 Å². The number of amides is 3. The summed E-state index contributed by atoms with van der Waals surface area (Å²) in [6.45, 7) is 6.13. The van der Waals surface area contributed by atoms with E-state index in [9.17, 15) is 29.4 Å². The summed E-state index contributed by atoms with van der Waals surface area (Å²) in [5, 5.41) is 26.3. The highest BCUT2D eigenvalue weighted by Crippen LogP contribution is 2.10. The van der Waals surface area contributed by atoms with Crippen molar-refractivity contribution in [2.45, 2.75) is 64.7 Å². The molecule has 0 aliphatic heterocycles. The Balaban J connectivity index is 2.84. The summed E-state index contributed by atoms with van der Waals surface area (Å²) in [5.74, 6) is -4.00. The Morgan fingerprint density at radius 1 is 1.06 bits per heavy atom. The number of aromatic nitrogens is 2. The lowest BCUT2D eigenvalue weighted by atomic mass is 9.96. The fourth-order valence-electron chi connectivity index (χ4n) is 2.91. The second kappa shape index (κ2) is 12.8. The number of nitrogens with two attached hydrogens (primary N) is 1. The Labute approximate surface area is 186 Å². The number of nitrogens with one attached hydrogen (secondary N) is 4. The van der Waals surface area contributed by atoms with E-state index in [1.165, 1.54) is 12.5 Å². The number of H-pyrrole nitrogens is 1. The van der Waals surface area contributed by atoms with E-state index in [2.05, 4.69) is 25.9 Å². The van der Waals surface area contributed by atoms with Gasteiger partial charge >= 0.3 is 5.97 Å². The van der Waals surface area contributed by atoms with Crippen LogP contribution in [0.1, 0.15) is 39.8 Å². The Morgan fingerprint density at radius 3 is 2.16 bits per heavy atom. The molecule has 12 nitrogen and oxygen atoms in total. The lowest BCUT2D eigenvalue weighted by molar-refractivity contribution is -0.144. The van der Waals surface area contributed by atoms with E-state index in [0.717, 1.165) is 0 Å². The Kier molecular flexibility index (Phi) is 10.8. The van der Waals surface area contributed by atoms with Crippen LogP contribution in [0.4, 0.5) is 0 Å². The summed E-state index contributed by atoms with van der Waals surface area (Å²) in [5.41, 5.74) is 6.48. The Hall–Kier alpha value is -2.99. The maximum Gasteiger partial charge on any atom is 0.326 e. The molecule has 5 unspecified atom stereocenters. The number of nitrogens with zero attached hydrogens (tertiary/aromatic N) is 1. The van der Waals surface area contributed by atoms with E-state index in [0.29, 0.717) is 12.1 Å². The summed E-state index contributed by atoms with van der Waals surface area (Å²) in [6.07, 6.45) is 3.62. The van der Waals surface area contributed by atoms with Gasteiger partial charge in [0.15, 0.2) is 0 Å². The van der Waals surface area contributed by atoms with E-state index < -0.39 is 54.5 Å².